The van der Waals surface area contributed by atoms with Crippen LogP contribution >= 0.6 is 0 Å². The molecule has 2 rings (SSSR count). The molecule has 1 heterocycles. The Balaban J connectivity index is 1.86. The third kappa shape index (κ3) is 2.70. The van der Waals surface area contributed by atoms with Crippen LogP contribution in [-0.2, 0) is 0 Å². The first-order valence-corrected chi connectivity index (χ1v) is 7.38. The van der Waals surface area contributed by atoms with Gasteiger partial charge in [0, 0.05) is 5.54 Å². The van der Waals surface area contributed by atoms with Crippen molar-refractivity contribution in [3.8, 4) is 0 Å². The molecule has 1 saturated heterocycles. The molecule has 0 N–H and O–H groups in total. The van der Waals surface area contributed by atoms with E-state index < -0.39 is 0 Å². The Labute approximate surface area is 108 Å². The molecule has 2 aliphatic rings. The zero-order valence-electron chi connectivity index (χ0n) is 12.8. The van der Waals surface area contributed by atoms with Crippen molar-refractivity contribution in [1.82, 2.24) is 4.90 Å². The summed E-state index contributed by atoms with van der Waals surface area (Å²) in [5.41, 5.74) is 1.64. The maximum absolute atomic E-state index is 2.67. The molecule has 0 amide bonds. The Morgan fingerprint density at radius 2 is 1.35 bits per heavy atom. The highest BCUT2D eigenvalue weighted by Crippen LogP contribution is 2.58. The van der Waals surface area contributed by atoms with Crippen LogP contribution in [0.3, 0.4) is 0 Å². The fourth-order valence-corrected chi connectivity index (χ4v) is 3.66. The maximum atomic E-state index is 2.67. The molecule has 0 bridgehead atoms. The quantitative estimate of drug-likeness (QED) is 0.606. The van der Waals surface area contributed by atoms with Crippen LogP contribution in [-0.4, -0.2) is 23.5 Å². The minimum atomic E-state index is 0.370. The minimum absolute atomic E-state index is 0.370. The maximum Gasteiger partial charge on any atom is 0.0125 e. The first-order chi connectivity index (χ1) is 7.62. The van der Waals surface area contributed by atoms with Gasteiger partial charge in [-0.05, 0) is 76.3 Å². The molecule has 0 aromatic carbocycles. The number of nitrogens with zero attached hydrogens (tertiary/aromatic N) is 1. The molecule has 0 atom stereocenters. The lowest BCUT2D eigenvalue weighted by Gasteiger charge is -2.57. The average Bonchev–Trinajstić information content (AvgIpc) is 2.11. The second kappa shape index (κ2) is 3.98. The van der Waals surface area contributed by atoms with Gasteiger partial charge in [-0.1, -0.05) is 20.8 Å². The van der Waals surface area contributed by atoms with Gasteiger partial charge in [0.1, 0.15) is 0 Å². The summed E-state index contributed by atoms with van der Waals surface area (Å²) < 4.78 is 0. The molecule has 17 heavy (non-hydrogen) atoms. The van der Waals surface area contributed by atoms with Crippen LogP contribution in [0.1, 0.15) is 67.2 Å². The monoisotopic (exact) mass is 237 g/mol. The summed E-state index contributed by atoms with van der Waals surface area (Å²) in [6, 6.07) is 0. The van der Waals surface area contributed by atoms with Crippen molar-refractivity contribution in [3.63, 3.8) is 0 Å². The molecular formula is C16H31N. The number of rotatable bonds is 0. The summed E-state index contributed by atoms with van der Waals surface area (Å²) in [5.74, 6) is 0.976. The zero-order valence-corrected chi connectivity index (χ0v) is 12.8. The van der Waals surface area contributed by atoms with Crippen molar-refractivity contribution in [2.45, 2.75) is 72.8 Å². The van der Waals surface area contributed by atoms with Gasteiger partial charge in [-0.15, -0.1) is 0 Å². The van der Waals surface area contributed by atoms with Crippen molar-refractivity contribution in [2.75, 3.05) is 13.1 Å². The van der Waals surface area contributed by atoms with Gasteiger partial charge in [0.25, 0.3) is 0 Å². The third-order valence-corrected chi connectivity index (χ3v) is 5.36. The van der Waals surface area contributed by atoms with Crippen LogP contribution in [0, 0.1) is 16.7 Å². The first kappa shape index (κ1) is 13.4. The topological polar surface area (TPSA) is 3.24 Å². The highest BCUT2D eigenvalue weighted by molar-refractivity contribution is 5.01. The van der Waals surface area contributed by atoms with Gasteiger partial charge in [0.15, 0.2) is 0 Å². The summed E-state index contributed by atoms with van der Waals surface area (Å²) in [4.78, 5) is 2.67. The molecule has 1 spiro atoms. The van der Waals surface area contributed by atoms with E-state index in [-0.39, 0.29) is 0 Å². The lowest BCUT2D eigenvalue weighted by atomic mass is 9.51. The van der Waals surface area contributed by atoms with Crippen LogP contribution in [0.15, 0.2) is 0 Å². The molecule has 1 aliphatic carbocycles. The van der Waals surface area contributed by atoms with Crippen LogP contribution in [0.5, 0.6) is 0 Å². The number of piperidine rings is 1. The molecule has 1 heteroatoms. The van der Waals surface area contributed by atoms with Crippen LogP contribution < -0.4 is 0 Å². The first-order valence-electron chi connectivity index (χ1n) is 7.38. The molecule has 0 aromatic rings. The minimum Gasteiger partial charge on any atom is -0.298 e. The van der Waals surface area contributed by atoms with E-state index in [1.807, 2.05) is 0 Å². The molecule has 0 radical (unpaired) electrons. The third-order valence-electron chi connectivity index (χ3n) is 5.36. The van der Waals surface area contributed by atoms with E-state index in [4.69, 9.17) is 0 Å². The second-order valence-corrected chi connectivity index (χ2v) is 8.63. The summed E-state index contributed by atoms with van der Waals surface area (Å²) in [6.45, 7) is 16.9. The summed E-state index contributed by atoms with van der Waals surface area (Å²) >= 11 is 0. The fraction of sp³-hybridized carbons (Fsp3) is 1.00. The standard InChI is InChI=1S/C16H31N/c1-14(2,3)13-11-16(12-13)7-9-17(10-8-16)15(4,5)6/h13H,7-12H2,1-6H3. The Kier molecular flexibility index (Phi) is 3.14. The van der Waals surface area contributed by atoms with Crippen LogP contribution in [0.4, 0.5) is 0 Å². The van der Waals surface area contributed by atoms with Gasteiger partial charge >= 0.3 is 0 Å². The molecular weight excluding hydrogens is 206 g/mol. The molecule has 1 saturated carbocycles. The van der Waals surface area contributed by atoms with E-state index in [1.165, 1.54) is 38.8 Å². The average molecular weight is 237 g/mol. The Hall–Kier alpha value is -0.0400. The van der Waals surface area contributed by atoms with E-state index in [0.717, 1.165) is 11.3 Å². The van der Waals surface area contributed by atoms with Crippen molar-refractivity contribution in [2.24, 2.45) is 16.7 Å². The highest BCUT2D eigenvalue weighted by Gasteiger charge is 2.49. The summed E-state index contributed by atoms with van der Waals surface area (Å²) in [7, 11) is 0. The smallest absolute Gasteiger partial charge is 0.0125 e. The summed E-state index contributed by atoms with van der Waals surface area (Å²) in [6.07, 6.45) is 5.87. The molecule has 1 nitrogen and oxygen atoms in total. The van der Waals surface area contributed by atoms with Gasteiger partial charge < -0.3 is 0 Å². The van der Waals surface area contributed by atoms with Gasteiger partial charge in [0.05, 0.1) is 0 Å². The van der Waals surface area contributed by atoms with Gasteiger partial charge in [0.2, 0.25) is 0 Å². The Morgan fingerprint density at radius 1 is 0.882 bits per heavy atom. The Bertz CT molecular complexity index is 263. The normalized spacial score (nSPS) is 27.2. The number of hydrogen-bond donors (Lipinski definition) is 0. The SMILES string of the molecule is CC(C)(C)C1CC2(CCN(C(C)(C)C)CC2)C1. The highest BCUT2D eigenvalue weighted by atomic mass is 15.2. The Morgan fingerprint density at radius 3 is 1.71 bits per heavy atom. The van der Waals surface area contributed by atoms with E-state index in [0.29, 0.717) is 11.0 Å². The molecule has 0 unspecified atom stereocenters. The van der Waals surface area contributed by atoms with Crippen molar-refractivity contribution >= 4 is 0 Å². The van der Waals surface area contributed by atoms with E-state index >= 15 is 0 Å². The van der Waals surface area contributed by atoms with E-state index in [1.54, 1.807) is 0 Å². The number of hydrogen-bond acceptors (Lipinski definition) is 1. The lowest BCUT2D eigenvalue weighted by molar-refractivity contribution is -0.0701. The largest absolute Gasteiger partial charge is 0.298 e. The predicted octanol–water partition coefficient (Wildman–Crippen LogP) is 4.32. The number of likely N-dealkylation sites (tertiary alicyclic amines) is 1. The molecule has 100 valence electrons. The van der Waals surface area contributed by atoms with Gasteiger partial charge in [-0.2, -0.15) is 0 Å². The summed E-state index contributed by atoms with van der Waals surface area (Å²) in [5, 5.41) is 0. The van der Waals surface area contributed by atoms with Crippen LogP contribution in [0.2, 0.25) is 0 Å². The van der Waals surface area contributed by atoms with Crippen molar-refractivity contribution in [1.29, 1.82) is 0 Å². The second-order valence-electron chi connectivity index (χ2n) is 8.63. The fourth-order valence-electron chi connectivity index (χ4n) is 3.66. The van der Waals surface area contributed by atoms with Crippen molar-refractivity contribution < 1.29 is 0 Å². The van der Waals surface area contributed by atoms with E-state index in [9.17, 15) is 0 Å². The van der Waals surface area contributed by atoms with Crippen LogP contribution in [0.25, 0.3) is 0 Å². The van der Waals surface area contributed by atoms with Gasteiger partial charge in [-0.25, -0.2) is 0 Å². The van der Waals surface area contributed by atoms with E-state index in [2.05, 4.69) is 46.4 Å². The zero-order chi connectivity index (χ0) is 12.9. The predicted molar refractivity (Wildman–Crippen MR) is 75.2 cm³/mol. The lowest BCUT2D eigenvalue weighted by Crippen LogP contribution is -2.53. The molecule has 0 aromatic heterocycles. The molecule has 1 aliphatic heterocycles. The van der Waals surface area contributed by atoms with Crippen molar-refractivity contribution in [3.05, 3.63) is 0 Å². The molecule has 2 fully saturated rings. The van der Waals surface area contributed by atoms with Gasteiger partial charge in [-0.3, -0.25) is 4.90 Å².